The molecule has 1 fully saturated rings. The van der Waals surface area contributed by atoms with E-state index in [2.05, 4.69) is 5.32 Å². The van der Waals surface area contributed by atoms with Gasteiger partial charge in [0.1, 0.15) is 11.9 Å². The molecule has 1 aliphatic carbocycles. The monoisotopic (exact) mass is 586 g/mol. The number of carbonyl (C=O) groups is 2. The van der Waals surface area contributed by atoms with E-state index in [0.29, 0.717) is 27.8 Å². The molecule has 206 valence electrons. The number of halogens is 3. The van der Waals surface area contributed by atoms with E-state index < -0.39 is 11.9 Å². The largest absolute Gasteiger partial charge is 0.352 e. The zero-order valence-electron chi connectivity index (χ0n) is 21.8. The van der Waals surface area contributed by atoms with E-state index in [1.807, 2.05) is 30.3 Å². The van der Waals surface area contributed by atoms with Crippen LogP contribution in [-0.2, 0) is 28.3 Å². The van der Waals surface area contributed by atoms with Crippen molar-refractivity contribution in [2.75, 3.05) is 5.75 Å². The summed E-state index contributed by atoms with van der Waals surface area (Å²) < 4.78 is 14.8. The Hall–Kier alpha value is -2.54. The van der Waals surface area contributed by atoms with E-state index in [-0.39, 0.29) is 30.2 Å². The molecular formula is C31H33Cl2FN2O2S. The second-order valence-electron chi connectivity index (χ2n) is 9.86. The molecule has 0 aromatic heterocycles. The van der Waals surface area contributed by atoms with E-state index in [9.17, 15) is 14.0 Å². The van der Waals surface area contributed by atoms with Crippen LogP contribution in [0.5, 0.6) is 0 Å². The van der Waals surface area contributed by atoms with Crippen molar-refractivity contribution >= 4 is 46.8 Å². The Kier molecular flexibility index (Phi) is 11.1. The van der Waals surface area contributed by atoms with Crippen LogP contribution in [0.2, 0.25) is 10.0 Å². The fourth-order valence-electron chi connectivity index (χ4n) is 4.90. The maximum atomic E-state index is 14.8. The Labute approximate surface area is 244 Å². The zero-order chi connectivity index (χ0) is 27.6. The highest BCUT2D eigenvalue weighted by Gasteiger charge is 2.32. The first-order chi connectivity index (χ1) is 18.9. The summed E-state index contributed by atoms with van der Waals surface area (Å²) in [6.45, 7) is -0.00545. The molecule has 0 spiro atoms. The predicted molar refractivity (Wildman–Crippen MR) is 159 cm³/mol. The van der Waals surface area contributed by atoms with Crippen molar-refractivity contribution in [1.29, 1.82) is 0 Å². The summed E-state index contributed by atoms with van der Waals surface area (Å²) in [5, 5.41) is 4.29. The number of thioether (sulfide) groups is 1. The highest BCUT2D eigenvalue weighted by molar-refractivity contribution is 7.99. The zero-order valence-corrected chi connectivity index (χ0v) is 24.1. The van der Waals surface area contributed by atoms with Crippen molar-refractivity contribution < 1.29 is 14.0 Å². The van der Waals surface area contributed by atoms with Gasteiger partial charge in [0.2, 0.25) is 11.8 Å². The lowest BCUT2D eigenvalue weighted by Crippen LogP contribution is -2.53. The Balaban J connectivity index is 1.59. The van der Waals surface area contributed by atoms with Crippen LogP contribution in [0.25, 0.3) is 0 Å². The Morgan fingerprint density at radius 1 is 0.923 bits per heavy atom. The average molecular weight is 588 g/mol. The first-order valence-electron chi connectivity index (χ1n) is 13.3. The molecule has 0 bridgehead atoms. The summed E-state index contributed by atoms with van der Waals surface area (Å²) in [5.41, 5.74) is 2.06. The number of benzene rings is 3. The molecule has 1 aliphatic rings. The van der Waals surface area contributed by atoms with Crippen molar-refractivity contribution in [3.05, 3.63) is 105 Å². The number of carbonyl (C=O) groups excluding carboxylic acids is 2. The maximum absolute atomic E-state index is 14.8. The molecular weight excluding hydrogens is 554 g/mol. The maximum Gasteiger partial charge on any atom is 0.243 e. The van der Waals surface area contributed by atoms with Crippen LogP contribution < -0.4 is 5.32 Å². The van der Waals surface area contributed by atoms with E-state index in [4.69, 9.17) is 23.2 Å². The number of hydrogen-bond acceptors (Lipinski definition) is 3. The van der Waals surface area contributed by atoms with Gasteiger partial charge in [0, 0.05) is 40.4 Å². The van der Waals surface area contributed by atoms with Crippen LogP contribution in [0.3, 0.4) is 0 Å². The van der Waals surface area contributed by atoms with Gasteiger partial charge < -0.3 is 10.2 Å². The highest BCUT2D eigenvalue weighted by atomic mass is 35.5. The molecule has 39 heavy (non-hydrogen) atoms. The minimum Gasteiger partial charge on any atom is -0.352 e. The topological polar surface area (TPSA) is 49.4 Å². The average Bonchev–Trinajstić information content (AvgIpc) is 2.94. The van der Waals surface area contributed by atoms with Gasteiger partial charge in [-0.2, -0.15) is 0 Å². The molecule has 4 rings (SSSR count). The van der Waals surface area contributed by atoms with Crippen molar-refractivity contribution in [3.8, 4) is 0 Å². The normalized spacial score (nSPS) is 14.5. The molecule has 2 amide bonds. The smallest absolute Gasteiger partial charge is 0.243 e. The second-order valence-corrected chi connectivity index (χ2v) is 11.7. The number of nitrogens with one attached hydrogen (secondary N) is 1. The van der Waals surface area contributed by atoms with Crippen LogP contribution in [-0.4, -0.2) is 34.6 Å². The molecule has 3 aromatic rings. The molecule has 0 saturated heterocycles. The summed E-state index contributed by atoms with van der Waals surface area (Å²) in [6.07, 6.45) is 5.52. The highest BCUT2D eigenvalue weighted by Crippen LogP contribution is 2.29. The summed E-state index contributed by atoms with van der Waals surface area (Å²) >= 11 is 14.0. The van der Waals surface area contributed by atoms with E-state index >= 15 is 0 Å². The minimum absolute atomic E-state index is 0.00545. The van der Waals surface area contributed by atoms with Gasteiger partial charge in [-0.3, -0.25) is 9.59 Å². The first-order valence-corrected chi connectivity index (χ1v) is 15.2. The third-order valence-corrected chi connectivity index (χ3v) is 8.71. The van der Waals surface area contributed by atoms with Crippen molar-refractivity contribution in [3.63, 3.8) is 0 Å². The lowest BCUT2D eigenvalue weighted by Gasteiger charge is -2.33. The van der Waals surface area contributed by atoms with Gasteiger partial charge in [-0.25, -0.2) is 4.39 Å². The lowest BCUT2D eigenvalue weighted by molar-refractivity contribution is -0.139. The number of nitrogens with zero attached hydrogens (tertiary/aromatic N) is 1. The molecule has 4 nitrogen and oxygen atoms in total. The van der Waals surface area contributed by atoms with Gasteiger partial charge in [0.05, 0.1) is 5.75 Å². The third kappa shape index (κ3) is 8.47. The Morgan fingerprint density at radius 2 is 1.59 bits per heavy atom. The van der Waals surface area contributed by atoms with Gasteiger partial charge in [-0.15, -0.1) is 11.8 Å². The SMILES string of the molecule is O=C(NC1CCCCC1)C(Cc1ccccc1)N(Cc1ccccc1F)C(=O)CSCc1c(Cl)cccc1Cl. The number of hydrogen-bond donors (Lipinski definition) is 1. The third-order valence-electron chi connectivity index (χ3n) is 7.05. The summed E-state index contributed by atoms with van der Waals surface area (Å²) in [4.78, 5) is 29.1. The molecule has 1 unspecified atom stereocenters. The molecule has 1 saturated carbocycles. The van der Waals surface area contributed by atoms with Gasteiger partial charge in [-0.1, -0.05) is 97.1 Å². The summed E-state index contributed by atoms with van der Waals surface area (Å²) in [5.74, 6) is -0.314. The number of rotatable bonds is 11. The summed E-state index contributed by atoms with van der Waals surface area (Å²) in [6, 6.07) is 20.6. The molecule has 1 atom stereocenters. The van der Waals surface area contributed by atoms with Crippen molar-refractivity contribution in [1.82, 2.24) is 10.2 Å². The van der Waals surface area contributed by atoms with E-state index in [1.54, 1.807) is 36.4 Å². The van der Waals surface area contributed by atoms with Crippen LogP contribution in [0.15, 0.2) is 72.8 Å². The minimum atomic E-state index is -0.786. The van der Waals surface area contributed by atoms with Crippen LogP contribution in [0.1, 0.15) is 48.8 Å². The predicted octanol–water partition coefficient (Wildman–Crippen LogP) is 7.45. The quantitative estimate of drug-likeness (QED) is 0.254. The van der Waals surface area contributed by atoms with Gasteiger partial charge in [-0.05, 0) is 42.2 Å². The molecule has 0 radical (unpaired) electrons. The van der Waals surface area contributed by atoms with Crippen LogP contribution in [0, 0.1) is 5.82 Å². The molecule has 3 aromatic carbocycles. The Bertz CT molecular complexity index is 1230. The fraction of sp³-hybridized carbons (Fsp3) is 0.355. The van der Waals surface area contributed by atoms with Gasteiger partial charge in [0.25, 0.3) is 0 Å². The van der Waals surface area contributed by atoms with Crippen molar-refractivity contribution in [2.24, 2.45) is 0 Å². The van der Waals surface area contributed by atoms with Gasteiger partial charge >= 0.3 is 0 Å². The molecule has 0 aliphatic heterocycles. The summed E-state index contributed by atoms with van der Waals surface area (Å²) in [7, 11) is 0. The molecule has 0 heterocycles. The van der Waals surface area contributed by atoms with Gasteiger partial charge in [0.15, 0.2) is 0 Å². The van der Waals surface area contributed by atoms with Crippen molar-refractivity contribution in [2.45, 2.75) is 62.9 Å². The van der Waals surface area contributed by atoms with Crippen LogP contribution >= 0.6 is 35.0 Å². The second kappa shape index (κ2) is 14.7. The fourth-order valence-corrected chi connectivity index (χ4v) is 6.55. The first kappa shape index (κ1) is 29.4. The lowest BCUT2D eigenvalue weighted by atomic mass is 9.94. The molecule has 1 N–H and O–H groups in total. The standard InChI is InChI=1S/C31H33Cl2FN2O2S/c32-26-15-9-16-27(33)25(26)20-39-21-30(37)36(19-23-12-7-8-17-28(23)34)29(18-22-10-3-1-4-11-22)31(38)35-24-13-5-2-6-14-24/h1,3-4,7-12,15-17,24,29H,2,5-6,13-14,18-21H2,(H,35,38). The Morgan fingerprint density at radius 3 is 2.28 bits per heavy atom. The van der Waals surface area contributed by atoms with Crippen LogP contribution in [0.4, 0.5) is 4.39 Å². The van der Waals surface area contributed by atoms with E-state index in [1.165, 1.54) is 29.1 Å². The number of amides is 2. The van der Waals surface area contributed by atoms with E-state index in [0.717, 1.165) is 36.8 Å². The molecule has 8 heteroatoms.